The zero-order chi connectivity index (χ0) is 7.28. The van der Waals surface area contributed by atoms with Crippen molar-refractivity contribution < 1.29 is 32.4 Å². The van der Waals surface area contributed by atoms with Crippen LogP contribution in [-0.2, 0) is 22.2 Å². The number of hydrogen-bond acceptors (Lipinski definition) is 3. The van der Waals surface area contributed by atoms with Crippen LogP contribution in [0.3, 0.4) is 0 Å². The van der Waals surface area contributed by atoms with Gasteiger partial charge >= 0.3 is 5.97 Å². The molecule has 0 aromatic heterocycles. The minimum atomic E-state index is -1.18. The van der Waals surface area contributed by atoms with Gasteiger partial charge in [-0.05, 0) is 18.4 Å². The van der Waals surface area contributed by atoms with E-state index in [2.05, 4.69) is 0 Å². The first kappa shape index (κ1) is 12.9. The zero-order valence-corrected chi connectivity index (χ0v) is 7.70. The van der Waals surface area contributed by atoms with E-state index in [1.54, 1.807) is 0 Å². The molecule has 3 nitrogen and oxygen atoms in total. The molecule has 0 saturated heterocycles. The Morgan fingerprint density at radius 1 is 1.70 bits per heavy atom. The first-order valence-corrected chi connectivity index (χ1v) is 3.97. The second kappa shape index (κ2) is 7.42. The molecule has 0 heterocycles. The van der Waals surface area contributed by atoms with E-state index in [-0.39, 0.29) is 17.4 Å². The van der Waals surface area contributed by atoms with Crippen molar-refractivity contribution in [2.45, 2.75) is 12.5 Å². The third-order valence-corrected chi connectivity index (χ3v) is 1.52. The molecule has 0 amide bonds. The third kappa shape index (κ3) is 6.43. The van der Waals surface area contributed by atoms with Gasteiger partial charge in [-0.3, -0.25) is 0 Å². The van der Waals surface area contributed by atoms with Crippen LogP contribution in [0.1, 0.15) is 6.42 Å². The number of carbonyl (C=O) groups is 1. The fourth-order valence-corrected chi connectivity index (χ4v) is 0.812. The summed E-state index contributed by atoms with van der Waals surface area (Å²) >= 11 is 1.52. The van der Waals surface area contributed by atoms with E-state index in [1.165, 1.54) is 11.8 Å². The first-order chi connectivity index (χ1) is 4.18. The second-order valence-electron chi connectivity index (χ2n) is 1.64. The Morgan fingerprint density at radius 3 is 2.50 bits per heavy atom. The normalized spacial score (nSPS) is 11.8. The largest absolute Gasteiger partial charge is 0.479 e. The van der Waals surface area contributed by atoms with Crippen molar-refractivity contribution in [2.75, 3.05) is 12.0 Å². The van der Waals surface area contributed by atoms with Gasteiger partial charge < -0.3 is 10.2 Å². The number of aliphatic hydroxyl groups excluding tert-OH is 1. The summed E-state index contributed by atoms with van der Waals surface area (Å²) in [7, 11) is 0. The number of aliphatic hydroxyl groups is 1. The van der Waals surface area contributed by atoms with Gasteiger partial charge in [-0.25, -0.2) is 4.79 Å². The Hall–Kier alpha value is 0.312. The number of thioether (sulfide) groups is 1. The summed E-state index contributed by atoms with van der Waals surface area (Å²) in [6, 6.07) is 0. The summed E-state index contributed by atoms with van der Waals surface area (Å²) in [5, 5.41) is 16.8. The average molecular weight is 202 g/mol. The molecule has 1 atom stereocenters. The van der Waals surface area contributed by atoms with E-state index < -0.39 is 12.1 Å². The van der Waals surface area contributed by atoms with Crippen LogP contribution >= 0.6 is 11.8 Å². The van der Waals surface area contributed by atoms with E-state index in [0.29, 0.717) is 12.2 Å². The molecule has 5 heteroatoms. The van der Waals surface area contributed by atoms with E-state index in [1.807, 2.05) is 6.26 Å². The van der Waals surface area contributed by atoms with E-state index in [4.69, 9.17) is 10.2 Å². The molecule has 0 rings (SSSR count). The quantitative estimate of drug-likeness (QED) is 0.683. The first-order valence-electron chi connectivity index (χ1n) is 2.58. The fourth-order valence-electron chi connectivity index (χ4n) is 0.353. The van der Waals surface area contributed by atoms with Crippen molar-refractivity contribution in [2.24, 2.45) is 0 Å². The summed E-state index contributed by atoms with van der Waals surface area (Å²) in [5.41, 5.74) is 0. The predicted octanol–water partition coefficient (Wildman–Crippen LogP) is 0.182. The van der Waals surface area contributed by atoms with Gasteiger partial charge in [-0.2, -0.15) is 11.8 Å². The molecule has 0 aromatic carbocycles. The van der Waals surface area contributed by atoms with Crippen LogP contribution in [-0.4, -0.2) is 34.3 Å². The Labute approximate surface area is 74.9 Å². The Balaban J connectivity index is 0. The number of hydrogen-bond donors (Lipinski definition) is 2. The van der Waals surface area contributed by atoms with Gasteiger partial charge in [0.05, 0.1) is 0 Å². The van der Waals surface area contributed by atoms with Gasteiger partial charge in [0.2, 0.25) is 0 Å². The van der Waals surface area contributed by atoms with Crippen molar-refractivity contribution in [3.05, 3.63) is 0 Å². The van der Waals surface area contributed by atoms with Crippen molar-refractivity contribution >= 4 is 17.7 Å². The number of carboxylic acids is 1. The molecule has 60 valence electrons. The van der Waals surface area contributed by atoms with E-state index >= 15 is 0 Å². The number of carboxylic acid groups (broad SMARTS) is 1. The molecule has 0 spiro atoms. The molecular formula is C5H10CrO3S. The van der Waals surface area contributed by atoms with Crippen molar-refractivity contribution in [3.8, 4) is 0 Å². The van der Waals surface area contributed by atoms with E-state index in [0.717, 1.165) is 0 Å². The molecule has 0 aliphatic heterocycles. The summed E-state index contributed by atoms with van der Waals surface area (Å²) in [5.74, 6) is -0.447. The van der Waals surface area contributed by atoms with Gasteiger partial charge in [0.15, 0.2) is 6.10 Å². The van der Waals surface area contributed by atoms with Crippen LogP contribution in [0.2, 0.25) is 0 Å². The van der Waals surface area contributed by atoms with Gasteiger partial charge in [0.1, 0.15) is 0 Å². The van der Waals surface area contributed by atoms with Crippen molar-refractivity contribution in [1.82, 2.24) is 0 Å². The standard InChI is InChI=1S/C5H10O3S.Cr/c1-9-3-2-4(6)5(7)8;/h4,6H,2-3H2,1H3,(H,7,8);/t4-;/m0./s1. The van der Waals surface area contributed by atoms with E-state index in [9.17, 15) is 4.79 Å². The van der Waals surface area contributed by atoms with Gasteiger partial charge in [-0.1, -0.05) is 0 Å². The number of rotatable bonds is 4. The molecular weight excluding hydrogens is 192 g/mol. The maximum atomic E-state index is 9.95. The minimum absolute atomic E-state index is 0. The van der Waals surface area contributed by atoms with Crippen LogP contribution in [0, 0.1) is 0 Å². The van der Waals surface area contributed by atoms with Crippen molar-refractivity contribution in [3.63, 3.8) is 0 Å². The third-order valence-electron chi connectivity index (χ3n) is 0.880. The second-order valence-corrected chi connectivity index (χ2v) is 2.62. The molecule has 0 bridgehead atoms. The van der Waals surface area contributed by atoms with Crippen LogP contribution in [0.15, 0.2) is 0 Å². The molecule has 0 aliphatic rings. The topological polar surface area (TPSA) is 57.5 Å². The summed E-state index contributed by atoms with van der Waals surface area (Å²) in [6.45, 7) is 0. The Kier molecular flexibility index (Phi) is 9.60. The smallest absolute Gasteiger partial charge is 0.332 e. The summed E-state index contributed by atoms with van der Waals surface area (Å²) in [4.78, 5) is 9.95. The Morgan fingerprint density at radius 2 is 2.20 bits per heavy atom. The SMILES string of the molecule is CSCC[C@H](O)C(=O)O.[Cr]. The molecule has 10 heavy (non-hydrogen) atoms. The molecule has 2 N–H and O–H groups in total. The molecule has 0 fully saturated rings. The fraction of sp³-hybridized carbons (Fsp3) is 0.800. The zero-order valence-electron chi connectivity index (χ0n) is 5.61. The maximum absolute atomic E-state index is 9.95. The Bertz CT molecular complexity index is 98.9. The van der Waals surface area contributed by atoms with Crippen molar-refractivity contribution in [1.29, 1.82) is 0 Å². The monoisotopic (exact) mass is 202 g/mol. The summed E-state index contributed by atoms with van der Waals surface area (Å²) in [6.07, 6.45) is 1.02. The molecule has 0 unspecified atom stereocenters. The number of aliphatic carboxylic acids is 1. The van der Waals surface area contributed by atoms with Crippen LogP contribution in [0.4, 0.5) is 0 Å². The maximum Gasteiger partial charge on any atom is 0.332 e. The summed E-state index contributed by atoms with van der Waals surface area (Å²) < 4.78 is 0. The molecule has 0 aromatic rings. The average Bonchev–Trinajstić information content (AvgIpc) is 1.82. The van der Waals surface area contributed by atoms with Gasteiger partial charge in [0.25, 0.3) is 0 Å². The predicted molar refractivity (Wildman–Crippen MR) is 36.6 cm³/mol. The van der Waals surface area contributed by atoms with Gasteiger partial charge in [0, 0.05) is 17.4 Å². The van der Waals surface area contributed by atoms with Crippen LogP contribution in [0.25, 0.3) is 0 Å². The van der Waals surface area contributed by atoms with Gasteiger partial charge in [-0.15, -0.1) is 0 Å². The minimum Gasteiger partial charge on any atom is -0.479 e. The van der Waals surface area contributed by atoms with Crippen LogP contribution < -0.4 is 0 Å². The van der Waals surface area contributed by atoms with Crippen LogP contribution in [0.5, 0.6) is 0 Å². The molecule has 0 radical (unpaired) electrons. The molecule has 0 saturated carbocycles. The molecule has 0 aliphatic carbocycles.